The molecule has 0 fully saturated rings. The van der Waals surface area contributed by atoms with Crippen LogP contribution < -0.4 is 0 Å². The van der Waals surface area contributed by atoms with Crippen LogP contribution in [0.25, 0.3) is 0 Å². The summed E-state index contributed by atoms with van der Waals surface area (Å²) in [6.45, 7) is 0. The predicted molar refractivity (Wildman–Crippen MR) is 14.8 cm³/mol. The summed E-state index contributed by atoms with van der Waals surface area (Å²) in [5.74, 6) is 0. The molecule has 0 aliphatic rings. The van der Waals surface area contributed by atoms with Crippen LogP contribution in [0.1, 0.15) is 0 Å². The SMILES string of the molecule is O=C[S+]=O. The first-order valence-corrected chi connectivity index (χ1v) is 1.44. The molecule has 0 aromatic carbocycles. The predicted octanol–water partition coefficient (Wildman–Crippen LogP) is -0.395. The molecule has 0 aliphatic carbocycles. The van der Waals surface area contributed by atoms with E-state index < -0.39 is 0 Å². The van der Waals surface area contributed by atoms with Gasteiger partial charge in [-0.05, 0) is 0 Å². The highest BCUT2D eigenvalue weighted by Gasteiger charge is 1.77. The van der Waals surface area contributed by atoms with Crippen molar-refractivity contribution in [3.8, 4) is 0 Å². The first-order chi connectivity index (χ1) is 1.91. The maximum Gasteiger partial charge on any atom is 0.542 e. The average molecular weight is 77.1 g/mol. The smallest absolute Gasteiger partial charge is 0.224 e. The number of hydrogen-bond donors (Lipinski definition) is 0. The molecule has 3 heteroatoms. The van der Waals surface area contributed by atoms with Crippen molar-refractivity contribution in [2.24, 2.45) is 0 Å². The van der Waals surface area contributed by atoms with Gasteiger partial charge >= 0.3 is 17.3 Å². The normalized spacial score (nSPS) is 5.00. The zero-order valence-electron chi connectivity index (χ0n) is 1.80. The van der Waals surface area contributed by atoms with Gasteiger partial charge in [0.25, 0.3) is 0 Å². The molecule has 0 N–H and O–H groups in total. The summed E-state index contributed by atoms with van der Waals surface area (Å²) in [5, 5.41) is 0. The molecule has 0 spiro atoms. The van der Waals surface area contributed by atoms with Crippen molar-refractivity contribution in [2.45, 2.75) is 0 Å². The van der Waals surface area contributed by atoms with Crippen molar-refractivity contribution in [3.63, 3.8) is 0 Å². The minimum absolute atomic E-state index is 0.0741. The Hall–Kier alpha value is -0.310. The molecule has 0 bridgehead atoms. The third kappa shape index (κ3) is 1.69. The molecule has 0 aromatic rings. The van der Waals surface area contributed by atoms with Gasteiger partial charge in [0.1, 0.15) is 0 Å². The van der Waals surface area contributed by atoms with Crippen LogP contribution in [-0.4, -0.2) is 5.62 Å². The van der Waals surface area contributed by atoms with E-state index >= 15 is 0 Å². The minimum atomic E-state index is -0.0741. The zero-order chi connectivity index (χ0) is 3.41. The van der Waals surface area contributed by atoms with Crippen LogP contribution in [0.15, 0.2) is 0 Å². The largest absolute Gasteiger partial charge is 0.542 e. The van der Waals surface area contributed by atoms with Crippen molar-refractivity contribution < 1.29 is 9.00 Å². The van der Waals surface area contributed by atoms with Gasteiger partial charge in [0.2, 0.25) is 0 Å². The molecular weight excluding hydrogens is 76.1 g/mol. The Morgan fingerprint density at radius 2 is 2.00 bits per heavy atom. The van der Waals surface area contributed by atoms with E-state index in [-0.39, 0.29) is 17.3 Å². The summed E-state index contributed by atoms with van der Waals surface area (Å²) in [5.41, 5.74) is 0.236. The first-order valence-electron chi connectivity index (χ1n) is 0.638. The summed E-state index contributed by atoms with van der Waals surface area (Å²) < 4.78 is 8.85. The Morgan fingerprint density at radius 1 is 1.75 bits per heavy atom. The minimum Gasteiger partial charge on any atom is -0.224 e. The Labute approximate surface area is 27.3 Å². The van der Waals surface area contributed by atoms with Gasteiger partial charge in [-0.15, -0.1) is 0 Å². The Kier molecular flexibility index (Phi) is 2.48. The van der Waals surface area contributed by atoms with Gasteiger partial charge in [-0.2, -0.15) is 0 Å². The third-order valence-electron chi connectivity index (χ3n) is 0.0393. The fourth-order valence-corrected chi connectivity index (χ4v) is 0. The lowest BCUT2D eigenvalue weighted by molar-refractivity contribution is 0.563. The number of hydrogen-bond acceptors (Lipinski definition) is 2. The molecule has 0 heterocycles. The lowest BCUT2D eigenvalue weighted by Crippen LogP contribution is -1.51. The van der Waals surface area contributed by atoms with Crippen LogP contribution in [-0.2, 0) is 20.7 Å². The zero-order valence-corrected chi connectivity index (χ0v) is 2.62. The first kappa shape index (κ1) is 3.69. The highest BCUT2D eigenvalue weighted by atomic mass is 32.1. The van der Waals surface area contributed by atoms with E-state index in [9.17, 15) is 0 Å². The standard InChI is InChI=1S/CHO2S/c2-1-4-3/h1H/q+1. The summed E-state index contributed by atoms with van der Waals surface area (Å²) in [6.07, 6.45) is 0. The molecule has 0 aromatic heterocycles. The molecule has 4 heavy (non-hydrogen) atoms. The van der Waals surface area contributed by atoms with Gasteiger partial charge in [0.05, 0.1) is 0 Å². The van der Waals surface area contributed by atoms with Crippen molar-refractivity contribution in [3.05, 3.63) is 0 Å². The second-order valence-corrected chi connectivity index (χ2v) is 0.577. The van der Waals surface area contributed by atoms with Crippen molar-refractivity contribution in [2.75, 3.05) is 0 Å². The number of carbonyl (C=O) groups excluding carboxylic acids is 1. The van der Waals surface area contributed by atoms with Gasteiger partial charge in [-0.25, -0.2) is 4.79 Å². The maximum absolute atomic E-state index is 8.85. The molecule has 0 saturated carbocycles. The van der Waals surface area contributed by atoms with Crippen LogP contribution >= 0.6 is 0 Å². The molecule has 0 atom stereocenters. The van der Waals surface area contributed by atoms with E-state index in [1.165, 1.54) is 0 Å². The van der Waals surface area contributed by atoms with Crippen LogP contribution in [0, 0.1) is 0 Å². The van der Waals surface area contributed by atoms with E-state index in [1.807, 2.05) is 0 Å². The summed E-state index contributed by atoms with van der Waals surface area (Å²) in [7, 11) is 0. The Bertz CT molecular complexity index is 27.0. The monoisotopic (exact) mass is 77.0 g/mol. The second kappa shape index (κ2) is 2.69. The fraction of sp³-hybridized carbons (Fsp3) is 0. The van der Waals surface area contributed by atoms with E-state index in [0.717, 1.165) is 0 Å². The van der Waals surface area contributed by atoms with E-state index in [0.29, 0.717) is 0 Å². The van der Waals surface area contributed by atoms with Crippen LogP contribution in [0.5, 0.6) is 0 Å². The van der Waals surface area contributed by atoms with Crippen molar-refractivity contribution in [1.29, 1.82) is 0 Å². The Morgan fingerprint density at radius 3 is 2.00 bits per heavy atom. The quantitative estimate of drug-likeness (QED) is 0.315. The van der Waals surface area contributed by atoms with E-state index in [1.54, 1.807) is 0 Å². The topological polar surface area (TPSA) is 34.1 Å². The maximum atomic E-state index is 8.85. The van der Waals surface area contributed by atoms with Gasteiger partial charge < -0.3 is 0 Å². The summed E-state index contributed by atoms with van der Waals surface area (Å²) >= 11 is -0.0741. The average Bonchev–Trinajstić information content (AvgIpc) is 1.37. The summed E-state index contributed by atoms with van der Waals surface area (Å²) in [6, 6.07) is 0. The molecule has 0 aliphatic heterocycles. The molecular formula is CHO2S+. The molecule has 0 radical (unpaired) electrons. The highest BCUT2D eigenvalue weighted by molar-refractivity contribution is 7.80. The number of rotatable bonds is 1. The van der Waals surface area contributed by atoms with Gasteiger partial charge in [-0.3, -0.25) is 0 Å². The molecule has 2 nitrogen and oxygen atoms in total. The second-order valence-electron chi connectivity index (χ2n) is 0.192. The van der Waals surface area contributed by atoms with Gasteiger partial charge in [-0.1, -0.05) is 0 Å². The summed E-state index contributed by atoms with van der Waals surface area (Å²) in [4.78, 5) is 8.82. The van der Waals surface area contributed by atoms with E-state index in [4.69, 9.17) is 9.00 Å². The van der Waals surface area contributed by atoms with Crippen LogP contribution in [0.3, 0.4) is 0 Å². The lowest BCUT2D eigenvalue weighted by atomic mass is 11.8. The Balaban J connectivity index is 2.73. The van der Waals surface area contributed by atoms with Crippen LogP contribution in [0.4, 0.5) is 0 Å². The third-order valence-corrected chi connectivity index (χ3v) is 0.118. The molecule has 0 saturated heterocycles. The molecule has 0 amide bonds. The van der Waals surface area contributed by atoms with Gasteiger partial charge in [0, 0.05) is 4.21 Å². The number of carbonyl (C=O) groups is 1. The fourth-order valence-electron chi connectivity index (χ4n) is 0. The van der Waals surface area contributed by atoms with E-state index in [2.05, 4.69) is 0 Å². The van der Waals surface area contributed by atoms with Crippen molar-refractivity contribution >= 4 is 17.3 Å². The van der Waals surface area contributed by atoms with Crippen molar-refractivity contribution in [1.82, 2.24) is 0 Å². The lowest BCUT2D eigenvalue weighted by Gasteiger charge is -1.04. The van der Waals surface area contributed by atoms with Gasteiger partial charge in [0.15, 0.2) is 0 Å². The molecule has 22 valence electrons. The van der Waals surface area contributed by atoms with Crippen LogP contribution in [0.2, 0.25) is 0 Å². The molecule has 0 unspecified atom stereocenters. The highest BCUT2D eigenvalue weighted by Crippen LogP contribution is 1.24. The molecule has 0 rings (SSSR count).